The van der Waals surface area contributed by atoms with Crippen molar-refractivity contribution >= 4 is 27.7 Å². The molecule has 0 bridgehead atoms. The van der Waals surface area contributed by atoms with Crippen molar-refractivity contribution in [3.05, 3.63) is 33.8 Å². The van der Waals surface area contributed by atoms with Gasteiger partial charge in [-0.2, -0.15) is 0 Å². The van der Waals surface area contributed by atoms with Crippen molar-refractivity contribution in [3.8, 4) is 0 Å². The lowest BCUT2D eigenvalue weighted by Crippen LogP contribution is -2.63. The van der Waals surface area contributed by atoms with E-state index in [-0.39, 0.29) is 11.8 Å². The molecule has 1 aliphatic heterocycles. The van der Waals surface area contributed by atoms with Gasteiger partial charge in [-0.1, -0.05) is 6.07 Å². The minimum absolute atomic E-state index is 0.115. The van der Waals surface area contributed by atoms with Crippen LogP contribution in [0.4, 0.5) is 0 Å². The molecular weight excluding hydrogens is 308 g/mol. The van der Waals surface area contributed by atoms with Crippen molar-refractivity contribution in [2.45, 2.75) is 26.3 Å². The zero-order chi connectivity index (χ0) is 14.2. The Bertz CT molecular complexity index is 540. The molecule has 2 amide bonds. The number of hydrogen-bond acceptors (Lipinski definition) is 2. The third-order valence-corrected chi connectivity index (χ3v) is 4.11. The van der Waals surface area contributed by atoms with Crippen LogP contribution in [-0.4, -0.2) is 35.3 Å². The Morgan fingerprint density at radius 3 is 2.74 bits per heavy atom. The topological polar surface area (TPSA) is 49.4 Å². The Morgan fingerprint density at radius 2 is 2.11 bits per heavy atom. The monoisotopic (exact) mass is 324 g/mol. The molecule has 5 heteroatoms. The maximum Gasteiger partial charge on any atom is 0.255 e. The molecule has 19 heavy (non-hydrogen) atoms. The van der Waals surface area contributed by atoms with Crippen molar-refractivity contribution in [2.24, 2.45) is 0 Å². The van der Waals surface area contributed by atoms with E-state index in [0.29, 0.717) is 18.7 Å². The minimum atomic E-state index is -0.820. The molecule has 1 heterocycles. The molecule has 0 radical (unpaired) electrons. The summed E-state index contributed by atoms with van der Waals surface area (Å²) in [5, 5.41) is 2.79. The largest absolute Gasteiger partial charge is 0.352 e. The standard InChI is InChI=1S/C14H17BrN2O2/c1-9-4-5-10(11(15)8-9)12(18)17-7-6-16-13(19)14(17,2)3/h4-5,8H,6-7H2,1-3H3,(H,16,19). The smallest absolute Gasteiger partial charge is 0.255 e. The number of piperazine rings is 1. The van der Waals surface area contributed by atoms with Crippen LogP contribution >= 0.6 is 15.9 Å². The number of hydrogen-bond donors (Lipinski definition) is 1. The zero-order valence-corrected chi connectivity index (χ0v) is 12.9. The van der Waals surface area contributed by atoms with Crippen molar-refractivity contribution in [2.75, 3.05) is 13.1 Å². The summed E-state index contributed by atoms with van der Waals surface area (Å²) in [4.78, 5) is 26.1. The van der Waals surface area contributed by atoms with Crippen molar-refractivity contribution in [1.82, 2.24) is 10.2 Å². The number of carbonyl (C=O) groups is 2. The van der Waals surface area contributed by atoms with Gasteiger partial charge in [0.25, 0.3) is 5.91 Å². The first-order chi connectivity index (χ1) is 8.84. The lowest BCUT2D eigenvalue weighted by Gasteiger charge is -2.41. The number of nitrogens with zero attached hydrogens (tertiary/aromatic N) is 1. The molecule has 0 spiro atoms. The number of benzene rings is 1. The highest BCUT2D eigenvalue weighted by Crippen LogP contribution is 2.25. The fourth-order valence-electron chi connectivity index (χ4n) is 2.19. The normalized spacial score (nSPS) is 18.1. The van der Waals surface area contributed by atoms with Gasteiger partial charge in [0, 0.05) is 17.6 Å². The van der Waals surface area contributed by atoms with Gasteiger partial charge >= 0.3 is 0 Å². The second kappa shape index (κ2) is 4.96. The van der Waals surface area contributed by atoms with E-state index in [4.69, 9.17) is 0 Å². The predicted octanol–water partition coefficient (Wildman–Crippen LogP) is 2.11. The van der Waals surface area contributed by atoms with Crippen LogP contribution in [0.5, 0.6) is 0 Å². The van der Waals surface area contributed by atoms with Crippen LogP contribution in [0, 0.1) is 6.92 Å². The van der Waals surface area contributed by atoms with Crippen LogP contribution < -0.4 is 5.32 Å². The van der Waals surface area contributed by atoms with Crippen LogP contribution in [0.25, 0.3) is 0 Å². The molecule has 1 saturated heterocycles. The SMILES string of the molecule is Cc1ccc(C(=O)N2CCNC(=O)C2(C)C)c(Br)c1. The summed E-state index contributed by atoms with van der Waals surface area (Å²) in [7, 11) is 0. The maximum atomic E-state index is 12.6. The Balaban J connectivity index is 2.35. The van der Waals surface area contributed by atoms with Gasteiger partial charge in [-0.05, 0) is 54.4 Å². The van der Waals surface area contributed by atoms with Crippen LogP contribution in [-0.2, 0) is 4.79 Å². The van der Waals surface area contributed by atoms with Crippen molar-refractivity contribution in [1.29, 1.82) is 0 Å². The van der Waals surface area contributed by atoms with E-state index in [1.54, 1.807) is 24.8 Å². The Morgan fingerprint density at radius 1 is 1.42 bits per heavy atom. The van der Waals surface area contributed by atoms with Gasteiger partial charge in [-0.3, -0.25) is 9.59 Å². The molecule has 2 rings (SSSR count). The number of aryl methyl sites for hydroxylation is 1. The first kappa shape index (κ1) is 14.1. The van der Waals surface area contributed by atoms with Crippen LogP contribution in [0.2, 0.25) is 0 Å². The maximum absolute atomic E-state index is 12.6. The van der Waals surface area contributed by atoms with Gasteiger partial charge in [0.2, 0.25) is 5.91 Å². The molecule has 1 N–H and O–H groups in total. The zero-order valence-electron chi connectivity index (χ0n) is 11.3. The highest BCUT2D eigenvalue weighted by Gasteiger charge is 2.40. The lowest BCUT2D eigenvalue weighted by atomic mass is 9.97. The summed E-state index contributed by atoms with van der Waals surface area (Å²) >= 11 is 3.42. The van der Waals surface area contributed by atoms with E-state index < -0.39 is 5.54 Å². The van der Waals surface area contributed by atoms with Gasteiger partial charge in [0.05, 0.1) is 5.56 Å². The van der Waals surface area contributed by atoms with E-state index in [9.17, 15) is 9.59 Å². The average molecular weight is 325 g/mol. The van der Waals surface area contributed by atoms with E-state index in [1.807, 2.05) is 19.1 Å². The molecule has 0 atom stereocenters. The lowest BCUT2D eigenvalue weighted by molar-refractivity contribution is -0.133. The van der Waals surface area contributed by atoms with E-state index in [1.165, 1.54) is 0 Å². The van der Waals surface area contributed by atoms with Crippen LogP contribution in [0.3, 0.4) is 0 Å². The van der Waals surface area contributed by atoms with Gasteiger partial charge in [-0.15, -0.1) is 0 Å². The Kier molecular flexibility index (Phi) is 3.67. The minimum Gasteiger partial charge on any atom is -0.352 e. The number of nitrogens with one attached hydrogen (secondary N) is 1. The third kappa shape index (κ3) is 2.52. The van der Waals surface area contributed by atoms with E-state index >= 15 is 0 Å². The molecule has 0 aliphatic carbocycles. The molecule has 0 unspecified atom stereocenters. The third-order valence-electron chi connectivity index (χ3n) is 3.45. The first-order valence-corrected chi connectivity index (χ1v) is 7.00. The summed E-state index contributed by atoms with van der Waals surface area (Å²) in [6, 6.07) is 5.60. The average Bonchev–Trinajstić information content (AvgIpc) is 2.32. The van der Waals surface area contributed by atoms with Gasteiger partial charge in [0.15, 0.2) is 0 Å². The second-order valence-corrected chi connectivity index (χ2v) is 6.11. The number of halogens is 1. The summed E-state index contributed by atoms with van der Waals surface area (Å²) in [5.74, 6) is -0.234. The quantitative estimate of drug-likeness (QED) is 0.860. The fraction of sp³-hybridized carbons (Fsp3) is 0.429. The Hall–Kier alpha value is -1.36. The van der Waals surface area contributed by atoms with Gasteiger partial charge in [0.1, 0.15) is 5.54 Å². The van der Waals surface area contributed by atoms with Crippen LogP contribution in [0.15, 0.2) is 22.7 Å². The second-order valence-electron chi connectivity index (χ2n) is 5.26. The summed E-state index contributed by atoms with van der Waals surface area (Å²) in [5.41, 5.74) is 0.854. The van der Waals surface area contributed by atoms with Gasteiger partial charge in [-0.25, -0.2) is 0 Å². The number of amides is 2. The summed E-state index contributed by atoms with van der Waals surface area (Å²) in [6.07, 6.45) is 0. The fourth-order valence-corrected chi connectivity index (χ4v) is 2.86. The molecule has 0 aromatic heterocycles. The number of carbonyl (C=O) groups excluding carboxylic acids is 2. The molecule has 1 fully saturated rings. The molecule has 4 nitrogen and oxygen atoms in total. The molecule has 0 saturated carbocycles. The van der Waals surface area contributed by atoms with Crippen molar-refractivity contribution < 1.29 is 9.59 Å². The molecule has 1 aromatic carbocycles. The molecule has 1 aromatic rings. The Labute approximate surface area is 121 Å². The molecule has 1 aliphatic rings. The highest BCUT2D eigenvalue weighted by molar-refractivity contribution is 9.10. The van der Waals surface area contributed by atoms with Crippen LogP contribution in [0.1, 0.15) is 29.8 Å². The van der Waals surface area contributed by atoms with E-state index in [2.05, 4.69) is 21.2 Å². The summed E-state index contributed by atoms with van der Waals surface area (Å²) in [6.45, 7) is 6.52. The summed E-state index contributed by atoms with van der Waals surface area (Å²) < 4.78 is 0.763. The van der Waals surface area contributed by atoms with Crippen molar-refractivity contribution in [3.63, 3.8) is 0 Å². The number of rotatable bonds is 1. The van der Waals surface area contributed by atoms with E-state index in [0.717, 1.165) is 10.0 Å². The molecular formula is C14H17BrN2O2. The predicted molar refractivity (Wildman–Crippen MR) is 77.0 cm³/mol. The highest BCUT2D eigenvalue weighted by atomic mass is 79.9. The molecule has 102 valence electrons. The van der Waals surface area contributed by atoms with Gasteiger partial charge < -0.3 is 10.2 Å². The first-order valence-electron chi connectivity index (χ1n) is 6.20.